The van der Waals surface area contributed by atoms with Crippen molar-refractivity contribution in [1.82, 2.24) is 4.57 Å². The molecule has 0 saturated heterocycles. The van der Waals surface area contributed by atoms with Gasteiger partial charge >= 0.3 is 5.97 Å². The smallest absolute Gasteiger partial charge is 0.307 e. The Kier molecular flexibility index (Phi) is 6.31. The molecule has 34 heavy (non-hydrogen) atoms. The van der Waals surface area contributed by atoms with Crippen LogP contribution >= 0.6 is 22.9 Å². The van der Waals surface area contributed by atoms with E-state index in [1.807, 2.05) is 66.7 Å². The van der Waals surface area contributed by atoms with Crippen molar-refractivity contribution in [3.8, 4) is 5.75 Å². The molecule has 0 aliphatic carbocycles. The molecule has 0 unspecified atom stereocenters. The molecule has 2 aromatic heterocycles. The number of aliphatic carboxylic acids is 1. The molecule has 2 heterocycles. The summed E-state index contributed by atoms with van der Waals surface area (Å²) >= 11 is 7.96. The van der Waals surface area contributed by atoms with E-state index in [1.165, 1.54) is 4.70 Å². The van der Waals surface area contributed by atoms with Gasteiger partial charge in [-0.1, -0.05) is 41.9 Å². The van der Waals surface area contributed by atoms with Crippen molar-refractivity contribution in [3.63, 3.8) is 0 Å². The van der Waals surface area contributed by atoms with Crippen LogP contribution in [0.1, 0.15) is 29.3 Å². The van der Waals surface area contributed by atoms with Gasteiger partial charge in [0.15, 0.2) is 0 Å². The first-order valence-corrected chi connectivity index (χ1v) is 12.5. The highest BCUT2D eigenvalue weighted by atomic mass is 35.5. The fourth-order valence-electron chi connectivity index (χ4n) is 4.57. The van der Waals surface area contributed by atoms with Crippen LogP contribution in [-0.2, 0) is 30.8 Å². The van der Waals surface area contributed by atoms with Crippen LogP contribution in [0.4, 0.5) is 0 Å². The Morgan fingerprint density at radius 2 is 1.88 bits per heavy atom. The third-order valence-corrected chi connectivity index (χ3v) is 7.37. The number of hydrogen-bond donors (Lipinski definition) is 1. The second kappa shape index (κ2) is 9.53. The standard InChI is InChI=1S/C28H24ClNO3S/c1-2-30-25(12-19-17-34-27-11-8-20(29)13-23(19)27)24(15-28(31)32)22-10-9-21(14-26(22)30)33-16-18-6-4-3-5-7-18/h3-11,13-14,17H,2,12,15-16H2,1H3,(H,31,32). The van der Waals surface area contributed by atoms with Gasteiger partial charge in [0, 0.05) is 39.8 Å². The summed E-state index contributed by atoms with van der Waals surface area (Å²) in [6, 6.07) is 21.9. The highest BCUT2D eigenvalue weighted by Gasteiger charge is 2.20. The van der Waals surface area contributed by atoms with E-state index in [4.69, 9.17) is 16.3 Å². The normalized spacial score (nSPS) is 11.4. The van der Waals surface area contributed by atoms with Crippen molar-refractivity contribution in [2.75, 3.05) is 0 Å². The Balaban J connectivity index is 1.57. The van der Waals surface area contributed by atoms with E-state index < -0.39 is 5.97 Å². The van der Waals surface area contributed by atoms with Gasteiger partial charge in [0.2, 0.25) is 0 Å². The van der Waals surface area contributed by atoms with E-state index in [2.05, 4.69) is 16.9 Å². The number of carboxylic acids is 1. The first kappa shape index (κ1) is 22.5. The Bertz CT molecular complexity index is 1490. The average molecular weight is 490 g/mol. The number of benzene rings is 3. The molecule has 0 aliphatic heterocycles. The van der Waals surface area contributed by atoms with Gasteiger partial charge in [0.1, 0.15) is 12.4 Å². The highest BCUT2D eigenvalue weighted by Crippen LogP contribution is 2.35. The summed E-state index contributed by atoms with van der Waals surface area (Å²) in [5.74, 6) is -0.0660. The molecule has 5 rings (SSSR count). The second-order valence-electron chi connectivity index (χ2n) is 8.27. The molecule has 1 N–H and O–H groups in total. The van der Waals surface area contributed by atoms with E-state index >= 15 is 0 Å². The second-order valence-corrected chi connectivity index (χ2v) is 9.62. The summed E-state index contributed by atoms with van der Waals surface area (Å²) in [5, 5.41) is 14.6. The Labute approximate surface area is 207 Å². The molecular weight excluding hydrogens is 466 g/mol. The van der Waals surface area contributed by atoms with Crippen LogP contribution in [0.5, 0.6) is 5.75 Å². The third kappa shape index (κ3) is 4.41. The molecule has 6 heteroatoms. The first-order chi connectivity index (χ1) is 16.5. The number of ether oxygens (including phenoxy) is 1. The third-order valence-electron chi connectivity index (χ3n) is 6.13. The largest absolute Gasteiger partial charge is 0.489 e. The van der Waals surface area contributed by atoms with Gasteiger partial charge in [0.25, 0.3) is 0 Å². The molecule has 3 aromatic carbocycles. The van der Waals surface area contributed by atoms with Gasteiger partial charge < -0.3 is 14.4 Å². The molecule has 5 aromatic rings. The van der Waals surface area contributed by atoms with Gasteiger partial charge in [-0.3, -0.25) is 4.79 Å². The fraction of sp³-hybridized carbons (Fsp3) is 0.179. The maximum Gasteiger partial charge on any atom is 0.307 e. The summed E-state index contributed by atoms with van der Waals surface area (Å²) in [5.41, 5.74) is 5.15. The van der Waals surface area contributed by atoms with Crippen molar-refractivity contribution >= 4 is 49.9 Å². The lowest BCUT2D eigenvalue weighted by atomic mass is 10.0. The Morgan fingerprint density at radius 1 is 1.06 bits per heavy atom. The summed E-state index contributed by atoms with van der Waals surface area (Å²) < 4.78 is 9.46. The Hall–Kier alpha value is -3.28. The van der Waals surface area contributed by atoms with E-state index in [0.29, 0.717) is 18.1 Å². The maximum absolute atomic E-state index is 11.8. The lowest BCUT2D eigenvalue weighted by Gasteiger charge is -2.11. The summed E-state index contributed by atoms with van der Waals surface area (Å²) in [6.07, 6.45) is 0.623. The zero-order valence-corrected chi connectivity index (χ0v) is 20.3. The minimum Gasteiger partial charge on any atom is -0.489 e. The maximum atomic E-state index is 11.8. The number of nitrogens with zero attached hydrogens (tertiary/aromatic N) is 1. The van der Waals surface area contributed by atoms with Crippen LogP contribution in [0.3, 0.4) is 0 Å². The monoisotopic (exact) mass is 489 g/mol. The lowest BCUT2D eigenvalue weighted by Crippen LogP contribution is -2.07. The molecule has 0 amide bonds. The molecule has 4 nitrogen and oxygen atoms in total. The minimum atomic E-state index is -0.834. The molecule has 0 radical (unpaired) electrons. The van der Waals surface area contributed by atoms with Crippen molar-refractivity contribution in [2.24, 2.45) is 0 Å². The van der Waals surface area contributed by atoms with Crippen molar-refractivity contribution in [2.45, 2.75) is 32.9 Å². The molecule has 172 valence electrons. The molecular formula is C28H24ClNO3S. The van der Waals surface area contributed by atoms with Gasteiger partial charge in [-0.15, -0.1) is 11.3 Å². The van der Waals surface area contributed by atoms with Crippen LogP contribution < -0.4 is 4.74 Å². The average Bonchev–Trinajstić information content (AvgIpc) is 3.36. The van der Waals surface area contributed by atoms with E-state index in [0.717, 1.165) is 51.0 Å². The number of carboxylic acid groups (broad SMARTS) is 1. The Morgan fingerprint density at radius 3 is 2.65 bits per heavy atom. The van der Waals surface area contributed by atoms with Crippen LogP contribution in [0.2, 0.25) is 5.02 Å². The van der Waals surface area contributed by atoms with Crippen LogP contribution in [-0.4, -0.2) is 15.6 Å². The number of carbonyl (C=O) groups is 1. The number of thiophene rings is 1. The molecule has 0 bridgehead atoms. The first-order valence-electron chi connectivity index (χ1n) is 11.2. The summed E-state index contributed by atoms with van der Waals surface area (Å²) in [4.78, 5) is 11.8. The number of aromatic nitrogens is 1. The van der Waals surface area contributed by atoms with Gasteiger partial charge in [0.05, 0.1) is 11.9 Å². The zero-order valence-electron chi connectivity index (χ0n) is 18.8. The zero-order chi connectivity index (χ0) is 23.7. The van der Waals surface area contributed by atoms with Gasteiger partial charge in [-0.05, 0) is 64.7 Å². The molecule has 0 atom stereocenters. The van der Waals surface area contributed by atoms with E-state index in [-0.39, 0.29) is 6.42 Å². The molecule has 0 saturated carbocycles. The number of rotatable bonds is 8. The number of aryl methyl sites for hydroxylation is 1. The van der Waals surface area contributed by atoms with Gasteiger partial charge in [-0.25, -0.2) is 0 Å². The molecule has 0 aliphatic rings. The quantitative estimate of drug-likeness (QED) is 0.248. The van der Waals surface area contributed by atoms with Crippen LogP contribution in [0, 0.1) is 0 Å². The van der Waals surface area contributed by atoms with Crippen molar-refractivity contribution < 1.29 is 14.6 Å². The molecule has 0 spiro atoms. The van der Waals surface area contributed by atoms with Gasteiger partial charge in [-0.2, -0.15) is 0 Å². The topological polar surface area (TPSA) is 51.5 Å². The predicted molar refractivity (Wildman–Crippen MR) is 139 cm³/mol. The number of halogens is 1. The SMILES string of the molecule is CCn1c(Cc2csc3ccc(Cl)cc23)c(CC(=O)O)c2ccc(OCc3ccccc3)cc21. The van der Waals surface area contributed by atoms with E-state index in [9.17, 15) is 9.90 Å². The highest BCUT2D eigenvalue weighted by molar-refractivity contribution is 7.17. The summed E-state index contributed by atoms with van der Waals surface area (Å²) in [6.45, 7) is 3.31. The van der Waals surface area contributed by atoms with Crippen molar-refractivity contribution in [3.05, 3.63) is 99.5 Å². The van der Waals surface area contributed by atoms with Crippen molar-refractivity contribution in [1.29, 1.82) is 0 Å². The van der Waals surface area contributed by atoms with Crippen LogP contribution in [0.15, 0.2) is 72.1 Å². The van der Waals surface area contributed by atoms with E-state index in [1.54, 1.807) is 11.3 Å². The van der Waals surface area contributed by atoms with Crippen LogP contribution in [0.25, 0.3) is 21.0 Å². The summed E-state index contributed by atoms with van der Waals surface area (Å²) in [7, 11) is 0. The molecule has 0 fully saturated rings. The number of fused-ring (bicyclic) bond motifs is 2. The fourth-order valence-corrected chi connectivity index (χ4v) is 5.68. The minimum absolute atomic E-state index is 0.0219. The lowest BCUT2D eigenvalue weighted by molar-refractivity contribution is -0.136. The predicted octanol–water partition coefficient (Wildman–Crippen LogP) is 7.33. The number of hydrogen-bond acceptors (Lipinski definition) is 3.